The van der Waals surface area contributed by atoms with Gasteiger partial charge in [-0.05, 0) is 60.0 Å². The van der Waals surface area contributed by atoms with E-state index in [2.05, 4.69) is 43.3 Å². The minimum absolute atomic E-state index is 0.400. The highest BCUT2D eigenvalue weighted by Gasteiger charge is 2.36. The van der Waals surface area contributed by atoms with Gasteiger partial charge >= 0.3 is 0 Å². The van der Waals surface area contributed by atoms with Crippen molar-refractivity contribution in [2.75, 3.05) is 0 Å². The lowest BCUT2D eigenvalue weighted by molar-refractivity contribution is 0.111. The van der Waals surface area contributed by atoms with E-state index >= 15 is 0 Å². The Labute approximate surface area is 250 Å². The lowest BCUT2D eigenvalue weighted by Crippen LogP contribution is -2.21. The smallest absolute Gasteiger partial charge is 0.150 e. The maximum atomic E-state index is 11.2. The molecule has 3 aromatic carbocycles. The van der Waals surface area contributed by atoms with Crippen LogP contribution in [-0.2, 0) is 5.41 Å². The monoisotopic (exact) mass is 588 g/mol. The molecular formula is C35H24O3S3. The first-order valence-electron chi connectivity index (χ1n) is 13.0. The fourth-order valence-electron chi connectivity index (χ4n) is 4.83. The quantitative estimate of drug-likeness (QED) is 0.158. The van der Waals surface area contributed by atoms with E-state index in [9.17, 15) is 14.4 Å². The summed E-state index contributed by atoms with van der Waals surface area (Å²) in [5, 5.41) is 0. The van der Waals surface area contributed by atoms with Gasteiger partial charge in [0.25, 0.3) is 0 Å². The van der Waals surface area contributed by atoms with E-state index in [0.29, 0.717) is 16.7 Å². The molecule has 3 heterocycles. The van der Waals surface area contributed by atoms with Crippen molar-refractivity contribution in [3.05, 3.63) is 141 Å². The zero-order valence-electron chi connectivity index (χ0n) is 22.1. The van der Waals surface area contributed by atoms with Crippen molar-refractivity contribution in [2.45, 2.75) is 12.3 Å². The Balaban J connectivity index is 1.44. The normalized spacial score (nSPS) is 11.3. The highest BCUT2D eigenvalue weighted by Crippen LogP contribution is 2.50. The third-order valence-electron chi connectivity index (χ3n) is 7.29. The number of aldehydes is 3. The minimum atomic E-state index is -0.400. The van der Waals surface area contributed by atoms with Gasteiger partial charge in [0.2, 0.25) is 0 Å². The SMILES string of the molecule is CC(c1ccc(-c2ccc(C=O)cc2)s1)(c1ccc(-c2ccc(C=O)cc2)s1)c1ccc(-c2ccc(C=O)cc2)s1. The molecule has 0 radical (unpaired) electrons. The Morgan fingerprint density at radius 2 is 0.683 bits per heavy atom. The van der Waals surface area contributed by atoms with Crippen LogP contribution in [0.2, 0.25) is 0 Å². The van der Waals surface area contributed by atoms with E-state index in [1.807, 2.05) is 72.8 Å². The number of thiophene rings is 3. The third-order valence-corrected chi connectivity index (χ3v) is 11.4. The average Bonchev–Trinajstić information content (AvgIpc) is 3.83. The molecule has 0 bridgehead atoms. The van der Waals surface area contributed by atoms with Gasteiger partial charge < -0.3 is 0 Å². The van der Waals surface area contributed by atoms with Crippen LogP contribution >= 0.6 is 34.0 Å². The van der Waals surface area contributed by atoms with Crippen molar-refractivity contribution in [1.29, 1.82) is 0 Å². The molecule has 0 fully saturated rings. The summed E-state index contributed by atoms with van der Waals surface area (Å²) < 4.78 is 0. The lowest BCUT2D eigenvalue weighted by Gasteiger charge is -2.26. The molecule has 0 aliphatic carbocycles. The second-order valence-electron chi connectivity index (χ2n) is 9.84. The Morgan fingerprint density at radius 3 is 0.927 bits per heavy atom. The first kappa shape index (κ1) is 27.0. The molecule has 6 aromatic rings. The van der Waals surface area contributed by atoms with Crippen molar-refractivity contribution in [1.82, 2.24) is 0 Å². The number of benzene rings is 3. The zero-order valence-corrected chi connectivity index (χ0v) is 24.5. The average molecular weight is 589 g/mol. The van der Waals surface area contributed by atoms with Crippen LogP contribution in [0.1, 0.15) is 52.6 Å². The first-order chi connectivity index (χ1) is 20.0. The highest BCUT2D eigenvalue weighted by molar-refractivity contribution is 7.19. The molecule has 0 atom stereocenters. The van der Waals surface area contributed by atoms with Gasteiger partial charge in [-0.25, -0.2) is 0 Å². The zero-order chi connectivity index (χ0) is 28.4. The summed E-state index contributed by atoms with van der Waals surface area (Å²) in [7, 11) is 0. The van der Waals surface area contributed by atoms with Crippen LogP contribution in [-0.4, -0.2) is 18.9 Å². The molecule has 3 nitrogen and oxygen atoms in total. The second kappa shape index (κ2) is 11.3. The van der Waals surface area contributed by atoms with E-state index in [0.717, 1.165) is 50.2 Å². The van der Waals surface area contributed by atoms with Crippen molar-refractivity contribution >= 4 is 52.9 Å². The largest absolute Gasteiger partial charge is 0.298 e. The van der Waals surface area contributed by atoms with Crippen molar-refractivity contribution in [2.24, 2.45) is 0 Å². The highest BCUT2D eigenvalue weighted by atomic mass is 32.1. The van der Waals surface area contributed by atoms with E-state index < -0.39 is 5.41 Å². The maximum Gasteiger partial charge on any atom is 0.150 e. The fourth-order valence-corrected chi connectivity index (χ4v) is 8.58. The molecular weight excluding hydrogens is 565 g/mol. The van der Waals surface area contributed by atoms with Crippen LogP contribution < -0.4 is 0 Å². The maximum absolute atomic E-state index is 11.2. The summed E-state index contributed by atoms with van der Waals surface area (Å²) >= 11 is 5.29. The second-order valence-corrected chi connectivity index (χ2v) is 13.1. The summed E-state index contributed by atoms with van der Waals surface area (Å²) in [5.41, 5.74) is 4.83. The first-order valence-corrected chi connectivity index (χ1v) is 15.4. The number of hydrogen-bond donors (Lipinski definition) is 0. The molecule has 0 aliphatic rings. The van der Waals surface area contributed by atoms with Crippen LogP contribution in [0.4, 0.5) is 0 Å². The Morgan fingerprint density at radius 1 is 0.415 bits per heavy atom. The molecule has 0 unspecified atom stereocenters. The Kier molecular flexibility index (Phi) is 7.45. The van der Waals surface area contributed by atoms with E-state index in [-0.39, 0.29) is 0 Å². The molecule has 0 spiro atoms. The van der Waals surface area contributed by atoms with Gasteiger partial charge in [-0.1, -0.05) is 72.8 Å². The summed E-state index contributed by atoms with van der Waals surface area (Å²) in [6.45, 7) is 2.29. The summed E-state index contributed by atoms with van der Waals surface area (Å²) in [5.74, 6) is 0. The molecule has 0 N–H and O–H groups in total. The minimum Gasteiger partial charge on any atom is -0.298 e. The van der Waals surface area contributed by atoms with Crippen LogP contribution in [0.3, 0.4) is 0 Å². The molecule has 200 valence electrons. The van der Waals surface area contributed by atoms with E-state index in [4.69, 9.17) is 0 Å². The van der Waals surface area contributed by atoms with E-state index in [1.54, 1.807) is 34.0 Å². The molecule has 0 saturated heterocycles. The third kappa shape index (κ3) is 5.18. The predicted octanol–water partition coefficient (Wildman–Crippen LogP) is 9.66. The standard InChI is InChI=1S/C35H24O3S3/c1-35(32-17-14-29(39-32)26-8-2-23(20-36)3-9-26,33-18-15-30(40-33)27-10-4-24(21-37)5-11-27)34-19-16-31(41-34)28-12-6-25(22-38)7-13-28/h2-22H,1H3. The van der Waals surface area contributed by atoms with Gasteiger partial charge in [-0.15, -0.1) is 34.0 Å². The molecule has 3 aromatic heterocycles. The molecule has 0 aliphatic heterocycles. The van der Waals surface area contributed by atoms with Crippen LogP contribution in [0.25, 0.3) is 31.3 Å². The Hall–Kier alpha value is -4.23. The van der Waals surface area contributed by atoms with Crippen molar-refractivity contribution in [3.63, 3.8) is 0 Å². The molecule has 6 rings (SSSR count). The molecule has 0 amide bonds. The number of carbonyl (C=O) groups excluding carboxylic acids is 3. The van der Waals surface area contributed by atoms with Crippen LogP contribution in [0.5, 0.6) is 0 Å². The summed E-state index contributed by atoms with van der Waals surface area (Å²) in [6, 6.07) is 36.2. The molecule has 41 heavy (non-hydrogen) atoms. The number of rotatable bonds is 9. The number of hydrogen-bond acceptors (Lipinski definition) is 6. The number of carbonyl (C=O) groups is 3. The summed E-state index contributed by atoms with van der Waals surface area (Å²) in [4.78, 5) is 40.6. The fraction of sp³-hybridized carbons (Fsp3) is 0.0571. The molecule has 0 saturated carbocycles. The van der Waals surface area contributed by atoms with Gasteiger partial charge in [-0.2, -0.15) is 0 Å². The van der Waals surface area contributed by atoms with Crippen molar-refractivity contribution < 1.29 is 14.4 Å². The van der Waals surface area contributed by atoms with Gasteiger partial charge in [-0.3, -0.25) is 14.4 Å². The van der Waals surface area contributed by atoms with Crippen LogP contribution in [0, 0.1) is 0 Å². The Bertz CT molecular complexity index is 1620. The van der Waals surface area contributed by atoms with Crippen LogP contribution in [0.15, 0.2) is 109 Å². The molecule has 6 heteroatoms. The topological polar surface area (TPSA) is 51.2 Å². The lowest BCUT2D eigenvalue weighted by atomic mass is 9.85. The van der Waals surface area contributed by atoms with Crippen molar-refractivity contribution in [3.8, 4) is 31.3 Å². The van der Waals surface area contributed by atoms with Gasteiger partial charge in [0.15, 0.2) is 0 Å². The summed E-state index contributed by atoms with van der Waals surface area (Å²) in [6.07, 6.45) is 2.59. The predicted molar refractivity (Wildman–Crippen MR) is 171 cm³/mol. The van der Waals surface area contributed by atoms with Gasteiger partial charge in [0, 0.05) is 46.0 Å². The van der Waals surface area contributed by atoms with Gasteiger partial charge in [0.1, 0.15) is 18.9 Å². The van der Waals surface area contributed by atoms with E-state index in [1.165, 1.54) is 14.6 Å². The van der Waals surface area contributed by atoms with Gasteiger partial charge in [0.05, 0.1) is 5.41 Å².